The SMILES string of the molecule is CCCCCCC(C)OCC(C)(C)C(=O)OC. The first-order chi connectivity index (χ1) is 7.94. The van der Waals surface area contributed by atoms with E-state index in [2.05, 4.69) is 13.8 Å². The largest absolute Gasteiger partial charge is 0.469 e. The van der Waals surface area contributed by atoms with Gasteiger partial charge in [0, 0.05) is 0 Å². The molecule has 0 rings (SSSR count). The van der Waals surface area contributed by atoms with E-state index in [1.54, 1.807) is 0 Å². The van der Waals surface area contributed by atoms with Gasteiger partial charge >= 0.3 is 5.97 Å². The number of carbonyl (C=O) groups excluding carboxylic acids is 1. The van der Waals surface area contributed by atoms with E-state index in [4.69, 9.17) is 9.47 Å². The van der Waals surface area contributed by atoms with E-state index in [-0.39, 0.29) is 12.1 Å². The summed E-state index contributed by atoms with van der Waals surface area (Å²) in [7, 11) is 1.41. The normalized spacial score (nSPS) is 13.5. The molecule has 17 heavy (non-hydrogen) atoms. The third kappa shape index (κ3) is 7.37. The molecule has 0 amide bonds. The molecule has 0 radical (unpaired) electrons. The molecule has 0 aliphatic carbocycles. The number of hydrogen-bond acceptors (Lipinski definition) is 3. The first kappa shape index (κ1) is 16.4. The Bertz CT molecular complexity index is 212. The molecule has 1 unspecified atom stereocenters. The molecule has 0 aromatic carbocycles. The first-order valence-electron chi connectivity index (χ1n) is 6.64. The van der Waals surface area contributed by atoms with Crippen LogP contribution in [-0.4, -0.2) is 25.8 Å². The number of esters is 1. The van der Waals surface area contributed by atoms with Gasteiger partial charge in [0.25, 0.3) is 0 Å². The maximum absolute atomic E-state index is 11.4. The van der Waals surface area contributed by atoms with Crippen molar-refractivity contribution >= 4 is 5.97 Å². The molecule has 0 aliphatic rings. The van der Waals surface area contributed by atoms with Gasteiger partial charge in [-0.3, -0.25) is 4.79 Å². The van der Waals surface area contributed by atoms with Gasteiger partial charge in [-0.1, -0.05) is 32.6 Å². The highest BCUT2D eigenvalue weighted by atomic mass is 16.5. The molecule has 3 nitrogen and oxygen atoms in total. The summed E-state index contributed by atoms with van der Waals surface area (Å²) in [5, 5.41) is 0. The van der Waals surface area contributed by atoms with Crippen molar-refractivity contribution in [2.75, 3.05) is 13.7 Å². The smallest absolute Gasteiger partial charge is 0.313 e. The van der Waals surface area contributed by atoms with Crippen LogP contribution in [0.4, 0.5) is 0 Å². The number of rotatable bonds is 9. The molecule has 0 fully saturated rings. The molecule has 102 valence electrons. The summed E-state index contributed by atoms with van der Waals surface area (Å²) in [5.41, 5.74) is -0.549. The Morgan fingerprint density at radius 1 is 1.24 bits per heavy atom. The number of hydrogen-bond donors (Lipinski definition) is 0. The van der Waals surface area contributed by atoms with Gasteiger partial charge in [0.05, 0.1) is 25.2 Å². The lowest BCUT2D eigenvalue weighted by Gasteiger charge is -2.23. The second-order valence-electron chi connectivity index (χ2n) is 5.35. The molecule has 1 atom stereocenters. The third-order valence-corrected chi connectivity index (χ3v) is 2.93. The van der Waals surface area contributed by atoms with E-state index in [1.807, 2.05) is 13.8 Å². The summed E-state index contributed by atoms with van der Waals surface area (Å²) in [6.07, 6.45) is 6.30. The minimum atomic E-state index is -0.549. The van der Waals surface area contributed by atoms with Crippen LogP contribution in [0, 0.1) is 5.41 Å². The summed E-state index contributed by atoms with van der Waals surface area (Å²) in [6, 6.07) is 0. The average Bonchev–Trinajstić information content (AvgIpc) is 2.31. The topological polar surface area (TPSA) is 35.5 Å². The van der Waals surface area contributed by atoms with Crippen LogP contribution in [-0.2, 0) is 14.3 Å². The molecular formula is C14H28O3. The zero-order valence-electron chi connectivity index (χ0n) is 12.0. The molecule has 0 bridgehead atoms. The predicted octanol–water partition coefficient (Wildman–Crippen LogP) is 3.56. The van der Waals surface area contributed by atoms with Crippen LogP contribution >= 0.6 is 0 Å². The van der Waals surface area contributed by atoms with Crippen molar-refractivity contribution in [1.82, 2.24) is 0 Å². The van der Waals surface area contributed by atoms with Crippen LogP contribution in [0.25, 0.3) is 0 Å². The Hall–Kier alpha value is -0.570. The van der Waals surface area contributed by atoms with Gasteiger partial charge in [-0.15, -0.1) is 0 Å². The summed E-state index contributed by atoms with van der Waals surface area (Å²) >= 11 is 0. The van der Waals surface area contributed by atoms with Crippen molar-refractivity contribution in [2.24, 2.45) is 5.41 Å². The van der Waals surface area contributed by atoms with E-state index >= 15 is 0 Å². The maximum Gasteiger partial charge on any atom is 0.313 e. The number of carbonyl (C=O) groups is 1. The van der Waals surface area contributed by atoms with Gasteiger partial charge in [0.1, 0.15) is 0 Å². The molecule has 0 saturated carbocycles. The second-order valence-corrected chi connectivity index (χ2v) is 5.35. The fourth-order valence-corrected chi connectivity index (χ4v) is 1.63. The monoisotopic (exact) mass is 244 g/mol. The standard InChI is InChI=1S/C14H28O3/c1-6-7-8-9-10-12(2)17-11-14(3,4)13(15)16-5/h12H,6-11H2,1-5H3. The summed E-state index contributed by atoms with van der Waals surface area (Å²) in [6.45, 7) is 8.40. The van der Waals surface area contributed by atoms with Crippen LogP contribution in [0.3, 0.4) is 0 Å². The lowest BCUT2D eigenvalue weighted by Crippen LogP contribution is -2.32. The summed E-state index contributed by atoms with van der Waals surface area (Å²) in [5.74, 6) is -0.212. The Kier molecular flexibility index (Phi) is 8.23. The van der Waals surface area contributed by atoms with Crippen molar-refractivity contribution in [3.8, 4) is 0 Å². The minimum absolute atomic E-state index is 0.212. The maximum atomic E-state index is 11.4. The lowest BCUT2D eigenvalue weighted by molar-refractivity contribution is -0.155. The van der Waals surface area contributed by atoms with Gasteiger partial charge in [0.2, 0.25) is 0 Å². The molecule has 0 N–H and O–H groups in total. The van der Waals surface area contributed by atoms with E-state index in [0.29, 0.717) is 6.61 Å². The van der Waals surface area contributed by atoms with Gasteiger partial charge in [-0.2, -0.15) is 0 Å². The molecule has 0 aromatic heterocycles. The Morgan fingerprint density at radius 2 is 1.88 bits per heavy atom. The highest BCUT2D eigenvalue weighted by Gasteiger charge is 2.29. The van der Waals surface area contributed by atoms with Crippen molar-refractivity contribution in [3.63, 3.8) is 0 Å². The molecule has 0 aromatic rings. The fraction of sp³-hybridized carbons (Fsp3) is 0.929. The molecule has 0 saturated heterocycles. The molecule has 0 spiro atoms. The van der Waals surface area contributed by atoms with Gasteiger partial charge in [0.15, 0.2) is 0 Å². The van der Waals surface area contributed by atoms with Crippen molar-refractivity contribution in [3.05, 3.63) is 0 Å². The van der Waals surface area contributed by atoms with E-state index in [1.165, 1.54) is 32.8 Å². The Labute approximate surface area is 106 Å². The summed E-state index contributed by atoms with van der Waals surface area (Å²) < 4.78 is 10.5. The van der Waals surface area contributed by atoms with Crippen LogP contribution in [0.1, 0.15) is 59.8 Å². The lowest BCUT2D eigenvalue weighted by atomic mass is 9.95. The number of unbranched alkanes of at least 4 members (excludes halogenated alkanes) is 3. The van der Waals surface area contributed by atoms with E-state index in [0.717, 1.165) is 6.42 Å². The molecule has 3 heteroatoms. The van der Waals surface area contributed by atoms with Crippen LogP contribution < -0.4 is 0 Å². The number of methoxy groups -OCH3 is 1. The van der Waals surface area contributed by atoms with E-state index < -0.39 is 5.41 Å². The zero-order chi connectivity index (χ0) is 13.3. The second kappa shape index (κ2) is 8.51. The van der Waals surface area contributed by atoms with Crippen LogP contribution in [0.2, 0.25) is 0 Å². The molecular weight excluding hydrogens is 216 g/mol. The molecule has 0 aliphatic heterocycles. The third-order valence-electron chi connectivity index (χ3n) is 2.93. The van der Waals surface area contributed by atoms with Crippen molar-refractivity contribution in [1.29, 1.82) is 0 Å². The highest BCUT2D eigenvalue weighted by Crippen LogP contribution is 2.19. The van der Waals surface area contributed by atoms with Gasteiger partial charge < -0.3 is 9.47 Å². The minimum Gasteiger partial charge on any atom is -0.469 e. The van der Waals surface area contributed by atoms with E-state index in [9.17, 15) is 4.79 Å². The van der Waals surface area contributed by atoms with Gasteiger partial charge in [-0.25, -0.2) is 0 Å². The van der Waals surface area contributed by atoms with Crippen molar-refractivity contribution < 1.29 is 14.3 Å². The summed E-state index contributed by atoms with van der Waals surface area (Å²) in [4.78, 5) is 11.4. The van der Waals surface area contributed by atoms with Gasteiger partial charge in [-0.05, 0) is 27.2 Å². The zero-order valence-corrected chi connectivity index (χ0v) is 12.0. The van der Waals surface area contributed by atoms with Crippen LogP contribution in [0.15, 0.2) is 0 Å². The van der Waals surface area contributed by atoms with Crippen LogP contribution in [0.5, 0.6) is 0 Å². The first-order valence-corrected chi connectivity index (χ1v) is 6.64. The number of ether oxygens (including phenoxy) is 2. The predicted molar refractivity (Wildman–Crippen MR) is 70.0 cm³/mol. The fourth-order valence-electron chi connectivity index (χ4n) is 1.63. The quantitative estimate of drug-likeness (QED) is 0.459. The Balaban J connectivity index is 3.75. The Morgan fingerprint density at radius 3 is 2.41 bits per heavy atom. The van der Waals surface area contributed by atoms with Crippen molar-refractivity contribution in [2.45, 2.75) is 65.9 Å². The molecule has 0 heterocycles. The average molecular weight is 244 g/mol. The highest BCUT2D eigenvalue weighted by molar-refractivity contribution is 5.75.